The van der Waals surface area contributed by atoms with E-state index in [1.54, 1.807) is 17.9 Å². The Morgan fingerprint density at radius 1 is 1.50 bits per heavy atom. The SMILES string of the molecule is O=C(c1cncs1)N1CCCCC1c1ccn[nH]1. The fraction of sp³-hybridized carbons (Fsp3) is 0.417. The Hall–Kier alpha value is -1.69. The van der Waals surface area contributed by atoms with Gasteiger partial charge in [-0.05, 0) is 25.3 Å². The molecule has 1 saturated heterocycles. The average molecular weight is 262 g/mol. The summed E-state index contributed by atoms with van der Waals surface area (Å²) in [7, 11) is 0. The van der Waals surface area contributed by atoms with Crippen LogP contribution < -0.4 is 0 Å². The number of H-pyrrole nitrogens is 1. The van der Waals surface area contributed by atoms with Crippen molar-refractivity contribution in [2.45, 2.75) is 25.3 Å². The van der Waals surface area contributed by atoms with Crippen LogP contribution in [-0.4, -0.2) is 32.5 Å². The number of aromatic nitrogens is 3. The largest absolute Gasteiger partial charge is 0.329 e. The monoisotopic (exact) mass is 262 g/mol. The molecule has 0 spiro atoms. The van der Waals surface area contributed by atoms with Gasteiger partial charge in [0.05, 0.1) is 23.4 Å². The Bertz CT molecular complexity index is 508. The molecule has 3 rings (SSSR count). The van der Waals surface area contributed by atoms with E-state index in [-0.39, 0.29) is 11.9 Å². The Morgan fingerprint density at radius 2 is 2.44 bits per heavy atom. The topological polar surface area (TPSA) is 61.9 Å². The van der Waals surface area contributed by atoms with Crippen molar-refractivity contribution >= 4 is 17.2 Å². The number of amides is 1. The fourth-order valence-corrected chi connectivity index (χ4v) is 2.99. The number of hydrogen-bond acceptors (Lipinski definition) is 4. The van der Waals surface area contributed by atoms with Crippen LogP contribution in [0.25, 0.3) is 0 Å². The molecule has 18 heavy (non-hydrogen) atoms. The molecule has 5 nitrogen and oxygen atoms in total. The maximum atomic E-state index is 12.4. The van der Waals surface area contributed by atoms with Crippen molar-refractivity contribution in [2.75, 3.05) is 6.54 Å². The van der Waals surface area contributed by atoms with E-state index in [9.17, 15) is 4.79 Å². The quantitative estimate of drug-likeness (QED) is 0.902. The average Bonchev–Trinajstić information content (AvgIpc) is 3.11. The third-order valence-electron chi connectivity index (χ3n) is 3.29. The van der Waals surface area contributed by atoms with E-state index in [4.69, 9.17) is 0 Å². The molecule has 3 heterocycles. The second kappa shape index (κ2) is 4.89. The van der Waals surface area contributed by atoms with Gasteiger partial charge in [0.1, 0.15) is 4.88 Å². The van der Waals surface area contributed by atoms with Gasteiger partial charge in [-0.2, -0.15) is 5.10 Å². The first kappa shape index (κ1) is 11.4. The zero-order valence-electron chi connectivity index (χ0n) is 9.87. The summed E-state index contributed by atoms with van der Waals surface area (Å²) in [6, 6.07) is 2.07. The number of carbonyl (C=O) groups is 1. The minimum atomic E-state index is 0.0804. The zero-order chi connectivity index (χ0) is 12.4. The van der Waals surface area contributed by atoms with Crippen LogP contribution in [-0.2, 0) is 0 Å². The number of carbonyl (C=O) groups excluding carboxylic acids is 1. The molecule has 1 fully saturated rings. The maximum Gasteiger partial charge on any atom is 0.266 e. The second-order valence-electron chi connectivity index (χ2n) is 4.39. The standard InChI is InChI=1S/C12H14N4OS/c17-12(11-7-13-8-18-11)16-6-2-1-3-10(16)9-4-5-14-15-9/h4-5,7-8,10H,1-3,6H2,(H,14,15). The van der Waals surface area contributed by atoms with Gasteiger partial charge in [0.15, 0.2) is 0 Å². The Balaban J connectivity index is 1.86. The van der Waals surface area contributed by atoms with Crippen molar-refractivity contribution in [3.8, 4) is 0 Å². The molecule has 6 heteroatoms. The predicted octanol–water partition coefficient (Wildman–Crippen LogP) is 2.23. The van der Waals surface area contributed by atoms with Crippen LogP contribution in [0.2, 0.25) is 0 Å². The van der Waals surface area contributed by atoms with E-state index in [1.165, 1.54) is 11.3 Å². The number of likely N-dealkylation sites (tertiary alicyclic amines) is 1. The van der Waals surface area contributed by atoms with E-state index >= 15 is 0 Å². The predicted molar refractivity (Wildman–Crippen MR) is 68.3 cm³/mol. The van der Waals surface area contributed by atoms with E-state index in [1.807, 2.05) is 11.0 Å². The second-order valence-corrected chi connectivity index (χ2v) is 5.27. The lowest BCUT2D eigenvalue weighted by Crippen LogP contribution is -2.38. The summed E-state index contributed by atoms with van der Waals surface area (Å²) in [5.41, 5.74) is 2.72. The number of hydrogen-bond donors (Lipinski definition) is 1. The molecule has 1 atom stereocenters. The summed E-state index contributed by atoms with van der Waals surface area (Å²) >= 11 is 1.40. The highest BCUT2D eigenvalue weighted by Crippen LogP contribution is 2.31. The first-order valence-corrected chi connectivity index (χ1v) is 6.93. The normalized spacial score (nSPS) is 20.0. The van der Waals surface area contributed by atoms with Crippen LogP contribution in [0.3, 0.4) is 0 Å². The molecule has 0 aliphatic carbocycles. The molecule has 94 valence electrons. The molecular weight excluding hydrogens is 248 g/mol. The van der Waals surface area contributed by atoms with Gasteiger partial charge in [-0.15, -0.1) is 11.3 Å². The summed E-state index contributed by atoms with van der Waals surface area (Å²) < 4.78 is 0. The van der Waals surface area contributed by atoms with Gasteiger partial charge in [0.2, 0.25) is 0 Å². The first-order chi connectivity index (χ1) is 8.86. The van der Waals surface area contributed by atoms with Crippen molar-refractivity contribution in [1.82, 2.24) is 20.1 Å². The molecule has 1 aliphatic rings. The lowest BCUT2D eigenvalue weighted by Gasteiger charge is -2.34. The van der Waals surface area contributed by atoms with Crippen LogP contribution in [0, 0.1) is 0 Å². The van der Waals surface area contributed by atoms with Crippen molar-refractivity contribution in [3.63, 3.8) is 0 Å². The van der Waals surface area contributed by atoms with Crippen LogP contribution >= 0.6 is 11.3 Å². The number of aromatic amines is 1. The maximum absolute atomic E-state index is 12.4. The molecule has 0 radical (unpaired) electrons. The number of nitrogens with zero attached hydrogens (tertiary/aromatic N) is 3. The third-order valence-corrected chi connectivity index (χ3v) is 4.05. The Labute approximate surface area is 109 Å². The molecule has 1 amide bonds. The van der Waals surface area contributed by atoms with Gasteiger partial charge < -0.3 is 4.90 Å². The smallest absolute Gasteiger partial charge is 0.266 e. The molecular formula is C12H14N4OS. The minimum Gasteiger partial charge on any atom is -0.329 e. The van der Waals surface area contributed by atoms with E-state index < -0.39 is 0 Å². The summed E-state index contributed by atoms with van der Waals surface area (Å²) in [5.74, 6) is 0.0804. The van der Waals surface area contributed by atoms with Crippen LogP contribution in [0.4, 0.5) is 0 Å². The zero-order valence-corrected chi connectivity index (χ0v) is 10.7. The summed E-state index contributed by atoms with van der Waals surface area (Å²) in [6.07, 6.45) is 6.59. The van der Waals surface area contributed by atoms with Crippen LogP contribution in [0.15, 0.2) is 24.0 Å². The highest BCUT2D eigenvalue weighted by molar-refractivity contribution is 7.11. The Kier molecular flexibility index (Phi) is 3.10. The van der Waals surface area contributed by atoms with Crippen LogP contribution in [0.1, 0.15) is 40.7 Å². The van der Waals surface area contributed by atoms with Crippen molar-refractivity contribution in [3.05, 3.63) is 34.5 Å². The van der Waals surface area contributed by atoms with Gasteiger partial charge in [-0.1, -0.05) is 0 Å². The van der Waals surface area contributed by atoms with Crippen molar-refractivity contribution in [1.29, 1.82) is 0 Å². The fourth-order valence-electron chi connectivity index (χ4n) is 2.41. The van der Waals surface area contributed by atoms with Crippen molar-refractivity contribution < 1.29 is 4.79 Å². The van der Waals surface area contributed by atoms with E-state index in [2.05, 4.69) is 15.2 Å². The molecule has 0 aromatic carbocycles. The van der Waals surface area contributed by atoms with Crippen LogP contribution in [0.5, 0.6) is 0 Å². The molecule has 0 bridgehead atoms. The summed E-state index contributed by atoms with van der Waals surface area (Å²) in [6.45, 7) is 0.806. The number of piperidine rings is 1. The first-order valence-electron chi connectivity index (χ1n) is 6.05. The molecule has 1 aliphatic heterocycles. The molecule has 0 saturated carbocycles. The molecule has 2 aromatic heterocycles. The van der Waals surface area contributed by atoms with Gasteiger partial charge in [-0.25, -0.2) is 0 Å². The number of rotatable bonds is 2. The molecule has 2 aromatic rings. The number of thiazole rings is 1. The van der Waals surface area contributed by atoms with Gasteiger partial charge in [0.25, 0.3) is 5.91 Å². The van der Waals surface area contributed by atoms with E-state index in [0.717, 1.165) is 31.5 Å². The summed E-state index contributed by atoms with van der Waals surface area (Å²) in [4.78, 5) is 19.0. The van der Waals surface area contributed by atoms with Gasteiger partial charge in [0, 0.05) is 12.7 Å². The lowest BCUT2D eigenvalue weighted by molar-refractivity contribution is 0.0611. The highest BCUT2D eigenvalue weighted by atomic mass is 32.1. The molecule has 1 N–H and O–H groups in total. The highest BCUT2D eigenvalue weighted by Gasteiger charge is 2.29. The molecule has 1 unspecified atom stereocenters. The van der Waals surface area contributed by atoms with E-state index in [0.29, 0.717) is 4.88 Å². The van der Waals surface area contributed by atoms with Gasteiger partial charge in [-0.3, -0.25) is 14.9 Å². The van der Waals surface area contributed by atoms with Crippen molar-refractivity contribution in [2.24, 2.45) is 0 Å². The van der Waals surface area contributed by atoms with Gasteiger partial charge >= 0.3 is 0 Å². The summed E-state index contributed by atoms with van der Waals surface area (Å²) in [5, 5.41) is 6.96. The third kappa shape index (κ3) is 2.03. The lowest BCUT2D eigenvalue weighted by atomic mass is 9.99. The minimum absolute atomic E-state index is 0.0804. The number of nitrogens with one attached hydrogen (secondary N) is 1. The Morgan fingerprint density at radius 3 is 3.17 bits per heavy atom.